The lowest BCUT2D eigenvalue weighted by Gasteiger charge is -2.13. The number of rotatable bonds is 4. The highest BCUT2D eigenvalue weighted by atomic mass is 14.1. The van der Waals surface area contributed by atoms with Crippen molar-refractivity contribution in [3.8, 4) is 23.5 Å². The van der Waals surface area contributed by atoms with Gasteiger partial charge in [0.1, 0.15) is 0 Å². The normalized spacial score (nSPS) is 12.8. The van der Waals surface area contributed by atoms with Gasteiger partial charge >= 0.3 is 0 Å². The Balaban J connectivity index is 0.000000771. The predicted octanol–water partition coefficient (Wildman–Crippen LogP) is 8.73. The monoisotopic (exact) mass is 382 g/mol. The molecule has 0 unspecified atom stereocenters. The molecule has 3 rings (SSSR count). The molecule has 0 spiro atoms. The first-order valence-electron chi connectivity index (χ1n) is 10.4. The maximum atomic E-state index is 4.60. The van der Waals surface area contributed by atoms with Crippen LogP contribution in [-0.4, -0.2) is 0 Å². The van der Waals surface area contributed by atoms with Crippen LogP contribution >= 0.6 is 0 Å². The van der Waals surface area contributed by atoms with Gasteiger partial charge in [0.05, 0.1) is 0 Å². The van der Waals surface area contributed by atoms with Gasteiger partial charge in [0.15, 0.2) is 0 Å². The Morgan fingerprint density at radius 1 is 0.966 bits per heavy atom. The molecule has 0 fully saturated rings. The molecule has 2 aromatic rings. The van der Waals surface area contributed by atoms with Crippen LogP contribution in [0.2, 0.25) is 0 Å². The van der Waals surface area contributed by atoms with Crippen molar-refractivity contribution in [2.75, 3.05) is 0 Å². The summed E-state index contributed by atoms with van der Waals surface area (Å²) in [6.07, 6.45) is 20.1. The smallest absolute Gasteiger partial charge is 0.00297 e. The van der Waals surface area contributed by atoms with Gasteiger partial charge in [-0.25, -0.2) is 0 Å². The summed E-state index contributed by atoms with van der Waals surface area (Å²) in [5, 5.41) is 0. The van der Waals surface area contributed by atoms with Crippen LogP contribution in [0, 0.1) is 12.3 Å². The van der Waals surface area contributed by atoms with E-state index in [1.54, 1.807) is 6.92 Å². The van der Waals surface area contributed by atoms with Crippen LogP contribution in [0.4, 0.5) is 0 Å². The quantitative estimate of drug-likeness (QED) is 0.366. The van der Waals surface area contributed by atoms with Crippen molar-refractivity contribution in [2.24, 2.45) is 0 Å². The average Bonchev–Trinajstić information content (AvgIpc) is 2.80. The fraction of sp³-hybridized carbons (Fsp3) is 0.241. The highest BCUT2D eigenvalue weighted by Crippen LogP contribution is 2.30. The first kappa shape index (κ1) is 24.0. The van der Waals surface area contributed by atoms with Gasteiger partial charge in [-0.05, 0) is 85.2 Å². The van der Waals surface area contributed by atoms with Crippen LogP contribution in [0.15, 0.2) is 85.0 Å². The molecule has 0 aromatic heterocycles. The molecule has 2 aromatic carbocycles. The van der Waals surface area contributed by atoms with Crippen molar-refractivity contribution in [1.82, 2.24) is 0 Å². The van der Waals surface area contributed by atoms with Gasteiger partial charge in [0.25, 0.3) is 0 Å². The van der Waals surface area contributed by atoms with Crippen LogP contribution in [0.1, 0.15) is 58.6 Å². The minimum absolute atomic E-state index is 1.13. The summed E-state index contributed by atoms with van der Waals surface area (Å²) < 4.78 is 0. The Morgan fingerprint density at radius 3 is 2.21 bits per heavy atom. The molecule has 0 nitrogen and oxygen atoms in total. The van der Waals surface area contributed by atoms with Crippen LogP contribution in [0.3, 0.4) is 0 Å². The third-order valence-electron chi connectivity index (χ3n) is 4.36. The van der Waals surface area contributed by atoms with Gasteiger partial charge in [-0.15, -0.1) is 12.3 Å². The highest BCUT2D eigenvalue weighted by Gasteiger charge is 2.08. The van der Waals surface area contributed by atoms with Crippen LogP contribution in [0.25, 0.3) is 22.3 Å². The van der Waals surface area contributed by atoms with E-state index in [0.717, 1.165) is 12.8 Å². The summed E-state index contributed by atoms with van der Waals surface area (Å²) in [4.78, 5) is 0. The molecule has 0 bridgehead atoms. The molecule has 0 aliphatic heterocycles. The highest BCUT2D eigenvalue weighted by molar-refractivity contribution is 5.82. The summed E-state index contributed by atoms with van der Waals surface area (Å²) >= 11 is 0. The molecule has 0 saturated carbocycles. The zero-order valence-electron chi connectivity index (χ0n) is 18.6. The summed E-state index contributed by atoms with van der Waals surface area (Å²) in [7, 11) is 0. The van der Waals surface area contributed by atoms with Crippen molar-refractivity contribution in [1.29, 1.82) is 0 Å². The van der Waals surface area contributed by atoms with Gasteiger partial charge in [-0.2, -0.15) is 0 Å². The Bertz CT molecular complexity index is 897. The second-order valence-electron chi connectivity index (χ2n) is 6.47. The second-order valence-corrected chi connectivity index (χ2v) is 6.47. The van der Waals surface area contributed by atoms with E-state index in [4.69, 9.17) is 0 Å². The van der Waals surface area contributed by atoms with Gasteiger partial charge in [-0.1, -0.05) is 80.6 Å². The molecule has 1 aliphatic rings. The van der Waals surface area contributed by atoms with E-state index in [-0.39, 0.29) is 0 Å². The average molecular weight is 383 g/mol. The number of hydrogen-bond donors (Lipinski definition) is 0. The molecule has 150 valence electrons. The first-order valence-corrected chi connectivity index (χ1v) is 10.4. The van der Waals surface area contributed by atoms with Gasteiger partial charge in [0.2, 0.25) is 0 Å². The fourth-order valence-electron chi connectivity index (χ4n) is 2.98. The SMILES string of the molecule is C#CC.C/C=C\C=C(/C)c1cc(C2=CCCC=C2)cc(-c2ccccc2)c1.CC. The molecule has 0 atom stereocenters. The molecular weight excluding hydrogens is 348 g/mol. The Hall–Kier alpha value is -3.04. The summed E-state index contributed by atoms with van der Waals surface area (Å²) in [6.45, 7) is 9.88. The maximum Gasteiger partial charge on any atom is -0.00297 e. The lowest BCUT2D eigenvalue weighted by atomic mass is 9.91. The summed E-state index contributed by atoms with van der Waals surface area (Å²) in [5.74, 6) is 2.25. The van der Waals surface area contributed by atoms with E-state index in [0.29, 0.717) is 0 Å². The molecule has 0 heteroatoms. The topological polar surface area (TPSA) is 0 Å². The largest absolute Gasteiger partial charge is 0.120 e. The van der Waals surface area contributed by atoms with E-state index in [1.165, 1.54) is 33.4 Å². The maximum absolute atomic E-state index is 4.60. The van der Waals surface area contributed by atoms with Crippen molar-refractivity contribution in [3.05, 3.63) is 96.1 Å². The van der Waals surface area contributed by atoms with Crippen molar-refractivity contribution < 1.29 is 0 Å². The molecular formula is C29H34. The van der Waals surface area contributed by atoms with Gasteiger partial charge in [0, 0.05) is 0 Å². The zero-order chi connectivity index (χ0) is 21.5. The predicted molar refractivity (Wildman–Crippen MR) is 133 cm³/mol. The van der Waals surface area contributed by atoms with Crippen molar-refractivity contribution in [2.45, 2.75) is 47.5 Å². The summed E-state index contributed by atoms with van der Waals surface area (Å²) in [6, 6.07) is 17.5. The molecule has 29 heavy (non-hydrogen) atoms. The van der Waals surface area contributed by atoms with Gasteiger partial charge in [-0.3, -0.25) is 0 Å². The molecule has 0 heterocycles. The lowest BCUT2D eigenvalue weighted by molar-refractivity contribution is 1.04. The van der Waals surface area contributed by atoms with Crippen LogP contribution in [-0.2, 0) is 0 Å². The van der Waals surface area contributed by atoms with Crippen LogP contribution in [0.5, 0.6) is 0 Å². The second kappa shape index (κ2) is 14.0. The summed E-state index contributed by atoms with van der Waals surface area (Å²) in [5.41, 5.74) is 7.74. The first-order chi connectivity index (χ1) is 14.2. The van der Waals surface area contributed by atoms with Crippen LogP contribution < -0.4 is 0 Å². The molecule has 0 radical (unpaired) electrons. The minimum atomic E-state index is 1.13. The number of terminal acetylenes is 1. The number of allylic oxidation sites excluding steroid dienone is 8. The molecule has 0 N–H and O–H groups in total. The van der Waals surface area contributed by atoms with Gasteiger partial charge < -0.3 is 0 Å². The fourth-order valence-corrected chi connectivity index (χ4v) is 2.98. The molecule has 1 aliphatic carbocycles. The number of benzene rings is 2. The van der Waals surface area contributed by atoms with Crippen molar-refractivity contribution >= 4 is 11.1 Å². The zero-order valence-corrected chi connectivity index (χ0v) is 18.6. The Morgan fingerprint density at radius 2 is 1.62 bits per heavy atom. The lowest BCUT2D eigenvalue weighted by Crippen LogP contribution is -1.91. The van der Waals surface area contributed by atoms with Crippen molar-refractivity contribution in [3.63, 3.8) is 0 Å². The van der Waals surface area contributed by atoms with E-state index in [9.17, 15) is 0 Å². The van der Waals surface area contributed by atoms with E-state index in [2.05, 4.69) is 104 Å². The minimum Gasteiger partial charge on any atom is -0.120 e. The van der Waals surface area contributed by atoms with E-state index < -0.39 is 0 Å². The van der Waals surface area contributed by atoms with E-state index in [1.807, 2.05) is 20.8 Å². The third kappa shape index (κ3) is 7.84. The Labute approximate surface area is 178 Å². The Kier molecular flexibility index (Phi) is 11.6. The standard InChI is InChI=1S/C24H24.C3H4.C2H6/c1-3-4-11-19(2)22-16-23(20-12-7-5-8-13-20)18-24(17-22)21-14-9-6-10-15-21;1-3-2;1-2/h3-5,7-9,11-18H,6,10H2,1-2H3;1H,2H3;1-2H3/b4-3-,19-11+;;. The number of hydrogen-bond acceptors (Lipinski definition) is 0. The molecule has 0 saturated heterocycles. The molecule has 0 amide bonds. The third-order valence-corrected chi connectivity index (χ3v) is 4.36. The van der Waals surface area contributed by atoms with E-state index >= 15 is 0 Å².